The van der Waals surface area contributed by atoms with E-state index in [1.165, 1.54) is 0 Å². The molecule has 0 spiro atoms. The van der Waals surface area contributed by atoms with E-state index in [2.05, 4.69) is 24.3 Å². The highest BCUT2D eigenvalue weighted by atomic mass is 16.5. The molecule has 0 bridgehead atoms. The van der Waals surface area contributed by atoms with Gasteiger partial charge in [0.25, 0.3) is 0 Å². The number of carbonyl (C=O) groups excluding carboxylic acids is 1. The predicted molar refractivity (Wildman–Crippen MR) is 89.5 cm³/mol. The number of urea groups is 1. The second-order valence-corrected chi connectivity index (χ2v) is 6.46. The topological polar surface area (TPSA) is 58.4 Å². The van der Waals surface area contributed by atoms with Crippen molar-refractivity contribution >= 4 is 11.7 Å². The lowest BCUT2D eigenvalue weighted by Gasteiger charge is -2.23. The third-order valence-electron chi connectivity index (χ3n) is 4.24. The summed E-state index contributed by atoms with van der Waals surface area (Å²) in [6, 6.07) is 9.73. The molecule has 23 heavy (non-hydrogen) atoms. The summed E-state index contributed by atoms with van der Waals surface area (Å²) in [4.78, 5) is 14.5. The van der Waals surface area contributed by atoms with Crippen LogP contribution in [0.3, 0.4) is 0 Å². The Morgan fingerprint density at radius 1 is 1.39 bits per heavy atom. The first-order valence-corrected chi connectivity index (χ1v) is 8.15. The molecule has 1 fully saturated rings. The first kappa shape index (κ1) is 15.6. The molecule has 1 saturated heterocycles. The van der Waals surface area contributed by atoms with Crippen molar-refractivity contribution < 1.29 is 9.32 Å². The Morgan fingerprint density at radius 3 is 2.91 bits per heavy atom. The molecule has 1 aliphatic heterocycles. The minimum atomic E-state index is -0.0767. The lowest BCUT2D eigenvalue weighted by atomic mass is 10.1. The van der Waals surface area contributed by atoms with Crippen LogP contribution in [0, 0.1) is 6.92 Å². The molecule has 1 atom stereocenters. The van der Waals surface area contributed by atoms with Crippen LogP contribution in [0.2, 0.25) is 0 Å². The maximum atomic E-state index is 12.6. The minimum Gasteiger partial charge on any atom is -0.361 e. The van der Waals surface area contributed by atoms with Gasteiger partial charge in [-0.05, 0) is 37.5 Å². The molecular formula is C18H23N3O2. The summed E-state index contributed by atoms with van der Waals surface area (Å²) < 4.78 is 5.39. The molecule has 0 radical (unpaired) electrons. The van der Waals surface area contributed by atoms with Crippen molar-refractivity contribution in [1.82, 2.24) is 10.1 Å². The number of aryl methyl sites for hydroxylation is 1. The van der Waals surface area contributed by atoms with E-state index >= 15 is 0 Å². The predicted octanol–water partition coefficient (Wildman–Crippen LogP) is 4.48. The Labute approximate surface area is 136 Å². The number of carbonyl (C=O) groups is 1. The third kappa shape index (κ3) is 3.38. The van der Waals surface area contributed by atoms with Gasteiger partial charge in [0.05, 0.1) is 6.04 Å². The summed E-state index contributed by atoms with van der Waals surface area (Å²) in [5, 5.41) is 7.16. The molecule has 0 saturated carbocycles. The van der Waals surface area contributed by atoms with Gasteiger partial charge in [0.2, 0.25) is 0 Å². The number of hydrogen-bond donors (Lipinski definition) is 1. The van der Waals surface area contributed by atoms with E-state index in [0.29, 0.717) is 5.92 Å². The quantitative estimate of drug-likeness (QED) is 0.909. The monoisotopic (exact) mass is 313 g/mol. The number of benzene rings is 1. The number of likely N-dealkylation sites (tertiary alicyclic amines) is 1. The van der Waals surface area contributed by atoms with E-state index in [0.717, 1.165) is 42.1 Å². The number of hydrogen-bond acceptors (Lipinski definition) is 3. The van der Waals surface area contributed by atoms with Gasteiger partial charge >= 0.3 is 6.03 Å². The van der Waals surface area contributed by atoms with Crippen molar-refractivity contribution in [3.05, 3.63) is 47.3 Å². The fourth-order valence-corrected chi connectivity index (χ4v) is 2.97. The van der Waals surface area contributed by atoms with Crippen molar-refractivity contribution in [1.29, 1.82) is 0 Å². The second-order valence-electron chi connectivity index (χ2n) is 6.46. The number of anilines is 1. The van der Waals surface area contributed by atoms with Crippen LogP contribution in [0.25, 0.3) is 0 Å². The zero-order chi connectivity index (χ0) is 16.4. The standard InChI is InChI=1S/C18H23N3O2/c1-12(2)17-11-15(20-23-17)16-8-5-9-21(16)18(22)19-14-7-4-6-13(3)10-14/h4,6-7,10-12,16H,5,8-9H2,1-3H3,(H,19,22)/t16-/m1/s1. The Balaban J connectivity index is 1.74. The van der Waals surface area contributed by atoms with Crippen LogP contribution < -0.4 is 5.32 Å². The molecule has 0 unspecified atom stereocenters. The normalized spacial score (nSPS) is 17.7. The Kier molecular flexibility index (Phi) is 4.37. The lowest BCUT2D eigenvalue weighted by Crippen LogP contribution is -2.34. The van der Waals surface area contributed by atoms with Crippen LogP contribution in [0.4, 0.5) is 10.5 Å². The van der Waals surface area contributed by atoms with Gasteiger partial charge in [-0.25, -0.2) is 4.79 Å². The minimum absolute atomic E-state index is 0.00365. The average molecular weight is 313 g/mol. The van der Waals surface area contributed by atoms with Gasteiger partial charge in [-0.15, -0.1) is 0 Å². The zero-order valence-corrected chi connectivity index (χ0v) is 13.9. The average Bonchev–Trinajstić information content (AvgIpc) is 3.16. The van der Waals surface area contributed by atoms with Crippen LogP contribution >= 0.6 is 0 Å². The molecule has 3 rings (SSSR count). The van der Waals surface area contributed by atoms with Gasteiger partial charge in [0.15, 0.2) is 0 Å². The molecule has 5 heteroatoms. The smallest absolute Gasteiger partial charge is 0.322 e. The molecule has 2 amide bonds. The van der Waals surface area contributed by atoms with Crippen LogP contribution in [0.1, 0.15) is 55.7 Å². The van der Waals surface area contributed by atoms with Gasteiger partial charge in [0.1, 0.15) is 11.5 Å². The van der Waals surface area contributed by atoms with Gasteiger partial charge in [0, 0.05) is 24.2 Å². The molecule has 5 nitrogen and oxygen atoms in total. The van der Waals surface area contributed by atoms with Crippen molar-refractivity contribution in [3.63, 3.8) is 0 Å². The van der Waals surface area contributed by atoms with Crippen molar-refractivity contribution in [2.45, 2.75) is 45.6 Å². The van der Waals surface area contributed by atoms with E-state index < -0.39 is 0 Å². The number of rotatable bonds is 3. The van der Waals surface area contributed by atoms with Gasteiger partial charge in [-0.3, -0.25) is 0 Å². The summed E-state index contributed by atoms with van der Waals surface area (Å²) in [5.74, 6) is 1.16. The highest BCUT2D eigenvalue weighted by Crippen LogP contribution is 2.33. The van der Waals surface area contributed by atoms with Gasteiger partial charge in [-0.2, -0.15) is 0 Å². The fourth-order valence-electron chi connectivity index (χ4n) is 2.97. The van der Waals surface area contributed by atoms with E-state index in [1.54, 1.807) is 0 Å². The van der Waals surface area contributed by atoms with Gasteiger partial charge in [-0.1, -0.05) is 31.1 Å². The number of aromatic nitrogens is 1. The molecule has 0 aliphatic carbocycles. The summed E-state index contributed by atoms with van der Waals surface area (Å²) in [6.07, 6.45) is 1.90. The molecule has 2 aromatic rings. The molecule has 1 aliphatic rings. The largest absolute Gasteiger partial charge is 0.361 e. The lowest BCUT2D eigenvalue weighted by molar-refractivity contribution is 0.204. The number of nitrogens with zero attached hydrogens (tertiary/aromatic N) is 2. The summed E-state index contributed by atoms with van der Waals surface area (Å²) in [5.41, 5.74) is 2.80. The highest BCUT2D eigenvalue weighted by molar-refractivity contribution is 5.89. The summed E-state index contributed by atoms with van der Waals surface area (Å²) >= 11 is 0. The summed E-state index contributed by atoms with van der Waals surface area (Å²) in [6.45, 7) is 6.89. The third-order valence-corrected chi connectivity index (χ3v) is 4.24. The SMILES string of the molecule is Cc1cccc(NC(=O)N2CCC[C@@H]2c2cc(C(C)C)on2)c1. The zero-order valence-electron chi connectivity index (χ0n) is 13.9. The highest BCUT2D eigenvalue weighted by Gasteiger charge is 2.32. The van der Waals surface area contributed by atoms with Crippen LogP contribution in [0.15, 0.2) is 34.9 Å². The van der Waals surface area contributed by atoms with E-state index in [9.17, 15) is 4.79 Å². The molecule has 122 valence electrons. The van der Waals surface area contributed by atoms with Gasteiger partial charge < -0.3 is 14.7 Å². The molecule has 1 aromatic heterocycles. The Morgan fingerprint density at radius 2 is 2.22 bits per heavy atom. The Bertz CT molecular complexity index is 693. The van der Waals surface area contributed by atoms with Crippen LogP contribution in [-0.4, -0.2) is 22.6 Å². The molecule has 2 heterocycles. The molecule has 1 N–H and O–H groups in total. The number of nitrogens with one attached hydrogen (secondary N) is 1. The maximum absolute atomic E-state index is 12.6. The maximum Gasteiger partial charge on any atom is 0.322 e. The number of amides is 2. The molecule has 1 aromatic carbocycles. The van der Waals surface area contributed by atoms with Crippen molar-refractivity contribution in [3.8, 4) is 0 Å². The van der Waals surface area contributed by atoms with Crippen molar-refractivity contribution in [2.24, 2.45) is 0 Å². The van der Waals surface area contributed by atoms with Crippen LogP contribution in [0.5, 0.6) is 0 Å². The van der Waals surface area contributed by atoms with Crippen LogP contribution in [-0.2, 0) is 0 Å². The first-order valence-electron chi connectivity index (χ1n) is 8.15. The Hall–Kier alpha value is -2.30. The fraction of sp³-hybridized carbons (Fsp3) is 0.444. The first-order chi connectivity index (χ1) is 11.0. The van der Waals surface area contributed by atoms with E-state index in [1.807, 2.05) is 42.2 Å². The molecular weight excluding hydrogens is 290 g/mol. The van der Waals surface area contributed by atoms with Crippen molar-refractivity contribution in [2.75, 3.05) is 11.9 Å². The summed E-state index contributed by atoms with van der Waals surface area (Å²) in [7, 11) is 0. The van der Waals surface area contributed by atoms with E-state index in [-0.39, 0.29) is 12.1 Å². The second kappa shape index (κ2) is 6.44. The van der Waals surface area contributed by atoms with E-state index in [4.69, 9.17) is 4.52 Å².